The first kappa shape index (κ1) is 12.3. The van der Waals surface area contributed by atoms with Gasteiger partial charge in [-0.05, 0) is 0 Å². The molecule has 0 aliphatic rings. The normalized spacial score (nSPS) is 11.6. The van der Waals surface area contributed by atoms with Gasteiger partial charge >= 0.3 is 6.18 Å². The van der Waals surface area contributed by atoms with Crippen LogP contribution in [0, 0.1) is 17.1 Å². The van der Waals surface area contributed by atoms with Gasteiger partial charge in [0.25, 0.3) is 6.43 Å². The van der Waals surface area contributed by atoms with Crippen LogP contribution in [0.25, 0.3) is 0 Å². The van der Waals surface area contributed by atoms with Crippen LogP contribution in [0.15, 0.2) is 6.07 Å². The standard InChI is InChI=1S/C8H2F6N2/c9-3-1-4(7(10)11)16-5(2-15)6(3)8(12,13)14/h1,7H. The van der Waals surface area contributed by atoms with Gasteiger partial charge in [0.15, 0.2) is 5.69 Å². The number of nitriles is 1. The van der Waals surface area contributed by atoms with Crippen LogP contribution in [0.2, 0.25) is 0 Å². The average Bonchev–Trinajstić information content (AvgIpc) is 2.14. The molecule has 1 heterocycles. The highest BCUT2D eigenvalue weighted by Gasteiger charge is 2.38. The predicted molar refractivity (Wildman–Crippen MR) is 38.9 cm³/mol. The molecule has 0 aliphatic heterocycles. The topological polar surface area (TPSA) is 36.7 Å². The van der Waals surface area contributed by atoms with Crippen molar-refractivity contribution in [2.24, 2.45) is 0 Å². The molecule has 0 bridgehead atoms. The Balaban J connectivity index is 3.49. The minimum absolute atomic E-state index is 0.0334. The first-order valence-corrected chi connectivity index (χ1v) is 3.73. The Kier molecular flexibility index (Phi) is 3.07. The molecule has 0 spiro atoms. The Morgan fingerprint density at radius 3 is 2.25 bits per heavy atom. The van der Waals surface area contributed by atoms with E-state index in [1.54, 1.807) is 0 Å². The number of rotatable bonds is 1. The van der Waals surface area contributed by atoms with Crippen molar-refractivity contribution >= 4 is 0 Å². The molecule has 86 valence electrons. The van der Waals surface area contributed by atoms with Crippen molar-refractivity contribution in [2.75, 3.05) is 0 Å². The molecule has 16 heavy (non-hydrogen) atoms. The van der Waals surface area contributed by atoms with Gasteiger partial charge in [-0.25, -0.2) is 18.2 Å². The fourth-order valence-electron chi connectivity index (χ4n) is 0.995. The first-order valence-electron chi connectivity index (χ1n) is 3.73. The number of aromatic nitrogens is 1. The quantitative estimate of drug-likeness (QED) is 0.707. The second-order valence-corrected chi connectivity index (χ2v) is 2.66. The van der Waals surface area contributed by atoms with E-state index in [9.17, 15) is 26.3 Å². The monoisotopic (exact) mass is 240 g/mol. The number of hydrogen-bond donors (Lipinski definition) is 0. The van der Waals surface area contributed by atoms with Gasteiger partial charge in [0.05, 0.1) is 0 Å². The summed E-state index contributed by atoms with van der Waals surface area (Å²) in [5.41, 5.74) is -4.54. The van der Waals surface area contributed by atoms with Gasteiger partial charge < -0.3 is 0 Å². The average molecular weight is 240 g/mol. The van der Waals surface area contributed by atoms with Crippen molar-refractivity contribution in [2.45, 2.75) is 12.6 Å². The molecule has 1 aromatic rings. The van der Waals surface area contributed by atoms with Crippen LogP contribution in [0.5, 0.6) is 0 Å². The molecule has 0 atom stereocenters. The third kappa shape index (κ3) is 2.24. The predicted octanol–water partition coefficient (Wildman–Crippen LogP) is 3.05. The molecule has 0 N–H and O–H groups in total. The maximum Gasteiger partial charge on any atom is 0.422 e. The van der Waals surface area contributed by atoms with Crippen LogP contribution in [-0.2, 0) is 6.18 Å². The molecule has 0 aliphatic carbocycles. The summed E-state index contributed by atoms with van der Waals surface area (Å²) in [7, 11) is 0. The summed E-state index contributed by atoms with van der Waals surface area (Å²) in [6.45, 7) is 0. The Morgan fingerprint density at radius 1 is 1.31 bits per heavy atom. The van der Waals surface area contributed by atoms with Crippen LogP contribution in [0.3, 0.4) is 0 Å². The van der Waals surface area contributed by atoms with E-state index in [1.807, 2.05) is 0 Å². The first-order chi connectivity index (χ1) is 7.27. The van der Waals surface area contributed by atoms with Crippen molar-refractivity contribution in [1.82, 2.24) is 4.98 Å². The fourth-order valence-corrected chi connectivity index (χ4v) is 0.995. The summed E-state index contributed by atoms with van der Waals surface area (Å²) < 4.78 is 73.7. The summed E-state index contributed by atoms with van der Waals surface area (Å²) in [4.78, 5) is 2.75. The zero-order valence-electron chi connectivity index (χ0n) is 7.32. The lowest BCUT2D eigenvalue weighted by Crippen LogP contribution is -2.13. The van der Waals surface area contributed by atoms with Gasteiger partial charge in [0.1, 0.15) is 23.1 Å². The van der Waals surface area contributed by atoms with Crippen LogP contribution in [-0.4, -0.2) is 4.98 Å². The molecule has 0 saturated heterocycles. The van der Waals surface area contributed by atoms with E-state index in [0.717, 1.165) is 6.07 Å². The molecule has 1 rings (SSSR count). The molecule has 2 nitrogen and oxygen atoms in total. The molecule has 0 fully saturated rings. The number of halogens is 6. The second-order valence-electron chi connectivity index (χ2n) is 2.66. The molecule has 0 aromatic carbocycles. The van der Waals surface area contributed by atoms with E-state index in [0.29, 0.717) is 0 Å². The minimum Gasteiger partial charge on any atom is -0.235 e. The summed E-state index contributed by atoms with van der Waals surface area (Å²) >= 11 is 0. The summed E-state index contributed by atoms with van der Waals surface area (Å²) in [6.07, 6.45) is -8.40. The zero-order chi connectivity index (χ0) is 12.5. The highest BCUT2D eigenvalue weighted by molar-refractivity contribution is 5.36. The van der Waals surface area contributed by atoms with E-state index in [-0.39, 0.29) is 6.07 Å². The molecule has 8 heteroatoms. The van der Waals surface area contributed by atoms with E-state index in [4.69, 9.17) is 5.26 Å². The minimum atomic E-state index is -5.15. The molecular weight excluding hydrogens is 238 g/mol. The lowest BCUT2D eigenvalue weighted by Gasteiger charge is -2.10. The van der Waals surface area contributed by atoms with Gasteiger partial charge in [-0.1, -0.05) is 0 Å². The number of hydrogen-bond acceptors (Lipinski definition) is 2. The van der Waals surface area contributed by atoms with Gasteiger partial charge in [-0.15, -0.1) is 0 Å². The lowest BCUT2D eigenvalue weighted by molar-refractivity contribution is -0.140. The third-order valence-electron chi connectivity index (χ3n) is 1.60. The van der Waals surface area contributed by atoms with Gasteiger partial charge in [0, 0.05) is 6.07 Å². The number of alkyl halides is 5. The SMILES string of the molecule is N#Cc1nc(C(F)F)cc(F)c1C(F)(F)F. The van der Waals surface area contributed by atoms with Crippen molar-refractivity contribution < 1.29 is 26.3 Å². The lowest BCUT2D eigenvalue weighted by atomic mass is 10.1. The number of pyridine rings is 1. The molecule has 0 unspecified atom stereocenters. The van der Waals surface area contributed by atoms with E-state index in [1.165, 1.54) is 0 Å². The Labute approximate surface area is 85.1 Å². The van der Waals surface area contributed by atoms with Crippen LogP contribution in [0.4, 0.5) is 26.3 Å². The zero-order valence-corrected chi connectivity index (χ0v) is 7.32. The van der Waals surface area contributed by atoms with Gasteiger partial charge in [0.2, 0.25) is 0 Å². The molecule has 0 radical (unpaired) electrons. The van der Waals surface area contributed by atoms with Crippen molar-refractivity contribution in [3.63, 3.8) is 0 Å². The van der Waals surface area contributed by atoms with E-state index in [2.05, 4.69) is 4.98 Å². The highest BCUT2D eigenvalue weighted by Crippen LogP contribution is 2.34. The van der Waals surface area contributed by atoms with Crippen molar-refractivity contribution in [3.05, 3.63) is 28.8 Å². The number of nitrogens with zero attached hydrogens (tertiary/aromatic N) is 2. The maximum absolute atomic E-state index is 12.9. The van der Waals surface area contributed by atoms with Crippen molar-refractivity contribution in [1.29, 1.82) is 5.26 Å². The highest BCUT2D eigenvalue weighted by atomic mass is 19.4. The second kappa shape index (κ2) is 4.00. The maximum atomic E-state index is 12.9. The van der Waals surface area contributed by atoms with Crippen LogP contribution in [0.1, 0.15) is 23.4 Å². The molecule has 0 amide bonds. The Morgan fingerprint density at radius 2 is 1.88 bits per heavy atom. The van der Waals surface area contributed by atoms with Crippen molar-refractivity contribution in [3.8, 4) is 6.07 Å². The van der Waals surface area contributed by atoms with Gasteiger partial charge in [-0.2, -0.15) is 18.4 Å². The van der Waals surface area contributed by atoms with E-state index >= 15 is 0 Å². The summed E-state index contributed by atoms with van der Waals surface area (Å²) in [6, 6.07) is 0.900. The summed E-state index contributed by atoms with van der Waals surface area (Å²) in [5, 5.41) is 8.29. The molecule has 1 aromatic heterocycles. The largest absolute Gasteiger partial charge is 0.422 e. The summed E-state index contributed by atoms with van der Waals surface area (Å²) in [5.74, 6) is -1.94. The molecule has 0 saturated carbocycles. The van der Waals surface area contributed by atoms with E-state index < -0.39 is 35.4 Å². The van der Waals surface area contributed by atoms with Crippen LogP contribution >= 0.6 is 0 Å². The van der Waals surface area contributed by atoms with Gasteiger partial charge in [-0.3, -0.25) is 0 Å². The van der Waals surface area contributed by atoms with Crippen LogP contribution < -0.4 is 0 Å². The smallest absolute Gasteiger partial charge is 0.235 e. The fraction of sp³-hybridized carbons (Fsp3) is 0.250. The Bertz CT molecular complexity index is 445. The molecular formula is C8H2F6N2. The third-order valence-corrected chi connectivity index (χ3v) is 1.60. The Hall–Kier alpha value is -1.78.